The second-order valence-electron chi connectivity index (χ2n) is 9.95. The Morgan fingerprint density at radius 1 is 1.00 bits per heavy atom. The van der Waals surface area contributed by atoms with Crippen LogP contribution in [-0.2, 0) is 20.9 Å². The molecule has 7 heteroatoms. The van der Waals surface area contributed by atoms with Crippen molar-refractivity contribution >= 4 is 11.8 Å². The van der Waals surface area contributed by atoms with Gasteiger partial charge in [-0.2, -0.15) is 0 Å². The standard InChI is InChI=1S/C29H33NO6/c1-17-24(28(32)36-16-18-10-8-7-9-11-18)25(26-20(30-17)14-29(2,3)15-21(26)31)19-12-22(33-4)27(35-6)23(13-19)34-5/h7-13,25,30H,14-16H2,1-6H3/t25-/m0/s1. The Balaban J connectivity index is 1.84. The number of allylic oxidation sites excluding steroid dienone is 3. The average Bonchev–Trinajstić information content (AvgIpc) is 2.85. The molecule has 7 nitrogen and oxygen atoms in total. The lowest BCUT2D eigenvalue weighted by molar-refractivity contribution is -0.140. The Kier molecular flexibility index (Phi) is 7.11. The Labute approximate surface area is 212 Å². The van der Waals surface area contributed by atoms with Crippen LogP contribution in [-0.4, -0.2) is 33.1 Å². The predicted octanol–water partition coefficient (Wildman–Crippen LogP) is 5.06. The van der Waals surface area contributed by atoms with Crippen LogP contribution in [0.5, 0.6) is 17.2 Å². The molecule has 0 amide bonds. The lowest BCUT2D eigenvalue weighted by Crippen LogP contribution is -2.38. The summed E-state index contributed by atoms with van der Waals surface area (Å²) in [5.74, 6) is 0.232. The van der Waals surface area contributed by atoms with Crippen LogP contribution in [0.15, 0.2) is 65.0 Å². The number of nitrogens with one attached hydrogen (secondary N) is 1. The fourth-order valence-corrected chi connectivity index (χ4v) is 5.11. The summed E-state index contributed by atoms with van der Waals surface area (Å²) < 4.78 is 22.4. The summed E-state index contributed by atoms with van der Waals surface area (Å²) in [7, 11) is 4.62. The lowest BCUT2D eigenvalue weighted by atomic mass is 9.68. The first-order valence-corrected chi connectivity index (χ1v) is 11.9. The number of carbonyl (C=O) groups is 2. The highest BCUT2D eigenvalue weighted by Crippen LogP contribution is 2.49. The molecule has 1 N–H and O–H groups in total. The molecule has 0 bridgehead atoms. The number of hydrogen-bond acceptors (Lipinski definition) is 7. The van der Waals surface area contributed by atoms with Crippen molar-refractivity contribution in [1.29, 1.82) is 0 Å². The number of carbonyl (C=O) groups excluding carboxylic acids is 2. The van der Waals surface area contributed by atoms with E-state index in [4.69, 9.17) is 18.9 Å². The monoisotopic (exact) mass is 491 g/mol. The van der Waals surface area contributed by atoms with Crippen molar-refractivity contribution in [2.45, 2.75) is 46.1 Å². The molecule has 1 aliphatic heterocycles. The summed E-state index contributed by atoms with van der Waals surface area (Å²) >= 11 is 0. The minimum Gasteiger partial charge on any atom is -0.493 e. The van der Waals surface area contributed by atoms with Gasteiger partial charge in [-0.05, 0) is 42.0 Å². The van der Waals surface area contributed by atoms with Gasteiger partial charge in [0.2, 0.25) is 5.75 Å². The van der Waals surface area contributed by atoms with Crippen molar-refractivity contribution in [3.63, 3.8) is 0 Å². The van der Waals surface area contributed by atoms with Crippen molar-refractivity contribution in [2.24, 2.45) is 5.41 Å². The van der Waals surface area contributed by atoms with Gasteiger partial charge in [0.05, 0.1) is 26.9 Å². The largest absolute Gasteiger partial charge is 0.493 e. The van der Waals surface area contributed by atoms with E-state index in [2.05, 4.69) is 19.2 Å². The van der Waals surface area contributed by atoms with Crippen molar-refractivity contribution in [2.75, 3.05) is 21.3 Å². The van der Waals surface area contributed by atoms with E-state index < -0.39 is 11.9 Å². The number of rotatable bonds is 7. The summed E-state index contributed by atoms with van der Waals surface area (Å²) in [6, 6.07) is 13.1. The minimum atomic E-state index is -0.637. The van der Waals surface area contributed by atoms with Gasteiger partial charge in [0.1, 0.15) is 6.61 Å². The maximum absolute atomic E-state index is 13.6. The van der Waals surface area contributed by atoms with Crippen molar-refractivity contribution in [3.05, 3.63) is 76.1 Å². The number of esters is 1. The summed E-state index contributed by atoms with van der Waals surface area (Å²) in [6.45, 7) is 6.13. The molecule has 2 aromatic rings. The van der Waals surface area contributed by atoms with E-state index in [1.807, 2.05) is 37.3 Å². The number of Topliss-reactive ketones (excluding diaryl/α,β-unsaturated/α-hetero) is 1. The van der Waals surface area contributed by atoms with E-state index in [0.717, 1.165) is 11.3 Å². The summed E-state index contributed by atoms with van der Waals surface area (Å²) in [4.78, 5) is 27.1. The smallest absolute Gasteiger partial charge is 0.337 e. The minimum absolute atomic E-state index is 0.00774. The molecule has 4 rings (SSSR count). The highest BCUT2D eigenvalue weighted by Gasteiger charge is 2.43. The van der Waals surface area contributed by atoms with Crippen LogP contribution in [0.4, 0.5) is 0 Å². The highest BCUT2D eigenvalue weighted by atomic mass is 16.5. The van der Waals surface area contributed by atoms with E-state index in [1.54, 1.807) is 26.4 Å². The first-order valence-electron chi connectivity index (χ1n) is 11.9. The van der Waals surface area contributed by atoms with E-state index >= 15 is 0 Å². The van der Waals surface area contributed by atoms with Gasteiger partial charge in [-0.3, -0.25) is 4.79 Å². The quantitative estimate of drug-likeness (QED) is 0.542. The molecule has 1 atom stereocenters. The van der Waals surface area contributed by atoms with Crippen LogP contribution < -0.4 is 19.5 Å². The molecule has 1 heterocycles. The van der Waals surface area contributed by atoms with Gasteiger partial charge in [0.15, 0.2) is 17.3 Å². The number of dihydropyridines is 1. The first kappa shape index (κ1) is 25.4. The number of ketones is 1. The van der Waals surface area contributed by atoms with Gasteiger partial charge < -0.3 is 24.3 Å². The molecular formula is C29H33NO6. The second kappa shape index (κ2) is 10.1. The van der Waals surface area contributed by atoms with Crippen molar-refractivity contribution in [3.8, 4) is 17.2 Å². The van der Waals surface area contributed by atoms with Crippen molar-refractivity contribution < 1.29 is 28.5 Å². The van der Waals surface area contributed by atoms with Crippen LogP contribution in [0.2, 0.25) is 0 Å². The summed E-state index contributed by atoms with van der Waals surface area (Å²) in [5, 5.41) is 3.36. The number of ether oxygens (including phenoxy) is 4. The number of methoxy groups -OCH3 is 3. The van der Waals surface area contributed by atoms with Crippen LogP contribution in [0.3, 0.4) is 0 Å². The molecule has 0 radical (unpaired) electrons. The maximum Gasteiger partial charge on any atom is 0.337 e. The fourth-order valence-electron chi connectivity index (χ4n) is 5.11. The highest BCUT2D eigenvalue weighted by molar-refractivity contribution is 6.04. The summed E-state index contributed by atoms with van der Waals surface area (Å²) in [5.41, 5.74) is 3.87. The molecule has 0 unspecified atom stereocenters. The Hall–Kier alpha value is -3.74. The molecular weight excluding hydrogens is 458 g/mol. The van der Waals surface area contributed by atoms with Gasteiger partial charge in [0, 0.05) is 29.3 Å². The third-order valence-corrected chi connectivity index (χ3v) is 6.69. The van der Waals surface area contributed by atoms with Gasteiger partial charge in [-0.1, -0.05) is 44.2 Å². The van der Waals surface area contributed by atoms with Gasteiger partial charge in [-0.15, -0.1) is 0 Å². The molecule has 2 aromatic carbocycles. The molecule has 36 heavy (non-hydrogen) atoms. The first-order chi connectivity index (χ1) is 17.2. The fraction of sp³-hybridized carbons (Fsp3) is 0.379. The van der Waals surface area contributed by atoms with Crippen LogP contribution in [0.1, 0.15) is 50.7 Å². The number of hydrogen-bond donors (Lipinski definition) is 1. The molecule has 0 fully saturated rings. The lowest BCUT2D eigenvalue weighted by Gasteiger charge is -2.39. The van der Waals surface area contributed by atoms with Crippen LogP contribution in [0.25, 0.3) is 0 Å². The zero-order chi connectivity index (χ0) is 26.0. The van der Waals surface area contributed by atoms with E-state index in [1.165, 1.54) is 7.11 Å². The van der Waals surface area contributed by atoms with Crippen LogP contribution in [0, 0.1) is 5.41 Å². The van der Waals surface area contributed by atoms with Gasteiger partial charge in [-0.25, -0.2) is 4.79 Å². The Morgan fingerprint density at radius 2 is 1.64 bits per heavy atom. The maximum atomic E-state index is 13.6. The van der Waals surface area contributed by atoms with Crippen molar-refractivity contribution in [1.82, 2.24) is 5.32 Å². The Bertz CT molecular complexity index is 1220. The zero-order valence-corrected chi connectivity index (χ0v) is 21.7. The average molecular weight is 492 g/mol. The third-order valence-electron chi connectivity index (χ3n) is 6.69. The molecule has 2 aliphatic rings. The van der Waals surface area contributed by atoms with Gasteiger partial charge in [0.25, 0.3) is 0 Å². The predicted molar refractivity (Wildman–Crippen MR) is 136 cm³/mol. The molecule has 0 spiro atoms. The molecule has 190 valence electrons. The summed E-state index contributed by atoms with van der Waals surface area (Å²) in [6.07, 6.45) is 1.08. The topological polar surface area (TPSA) is 83.1 Å². The molecule has 0 saturated heterocycles. The van der Waals surface area contributed by atoms with E-state index in [-0.39, 0.29) is 17.8 Å². The molecule has 1 aliphatic carbocycles. The SMILES string of the molecule is COc1cc([C@H]2C(C(=O)OCc3ccccc3)=C(C)NC3=C2C(=O)CC(C)(C)C3)cc(OC)c1OC. The Morgan fingerprint density at radius 3 is 2.22 bits per heavy atom. The van der Waals surface area contributed by atoms with Crippen LogP contribution >= 0.6 is 0 Å². The normalized spacial score (nSPS) is 18.8. The van der Waals surface area contributed by atoms with Gasteiger partial charge >= 0.3 is 5.97 Å². The molecule has 0 aromatic heterocycles. The molecule has 0 saturated carbocycles. The van der Waals surface area contributed by atoms with E-state index in [0.29, 0.717) is 52.5 Å². The number of benzene rings is 2. The van der Waals surface area contributed by atoms with E-state index in [9.17, 15) is 9.59 Å². The zero-order valence-electron chi connectivity index (χ0n) is 21.7. The third kappa shape index (κ3) is 4.83. The second-order valence-corrected chi connectivity index (χ2v) is 9.95.